The van der Waals surface area contributed by atoms with Gasteiger partial charge in [-0.1, -0.05) is 37.3 Å². The topological polar surface area (TPSA) is 21.3 Å². The molecule has 2 nitrogen and oxygen atoms in total. The smallest absolute Gasteiger partial charge is 0.0977 e. The zero-order valence-electron chi connectivity index (χ0n) is 12.8. The van der Waals surface area contributed by atoms with Crippen molar-refractivity contribution in [2.75, 3.05) is 13.2 Å². The van der Waals surface area contributed by atoms with E-state index in [0.29, 0.717) is 6.04 Å². The van der Waals surface area contributed by atoms with Gasteiger partial charge in [-0.05, 0) is 38.3 Å². The van der Waals surface area contributed by atoms with Crippen molar-refractivity contribution in [2.45, 2.75) is 51.7 Å². The second kappa shape index (κ2) is 10.5. The van der Waals surface area contributed by atoms with E-state index in [1.807, 2.05) is 13.0 Å². The van der Waals surface area contributed by atoms with Crippen LogP contribution in [0.15, 0.2) is 30.3 Å². The SMILES string of the molecule is C#CCCCC(NCCC)C(OCC)c1ccccc1. The Balaban J connectivity index is 2.77. The Kier molecular flexibility index (Phi) is 8.78. The molecule has 0 radical (unpaired) electrons. The summed E-state index contributed by atoms with van der Waals surface area (Å²) in [5.41, 5.74) is 1.24. The maximum atomic E-state index is 6.00. The molecule has 0 fully saturated rings. The van der Waals surface area contributed by atoms with E-state index < -0.39 is 0 Å². The first-order valence-electron chi connectivity index (χ1n) is 7.66. The standard InChI is InChI=1S/C18H27NO/c1-4-7-9-14-17(19-15-5-2)18(20-6-3)16-12-10-8-11-13-16/h1,8,10-13,17-19H,5-7,9,14-15H2,2-3H3. The summed E-state index contributed by atoms with van der Waals surface area (Å²) in [6.45, 7) is 5.97. The molecule has 1 aromatic carbocycles. The Hall–Kier alpha value is -1.30. The molecule has 0 aliphatic rings. The highest BCUT2D eigenvalue weighted by atomic mass is 16.5. The van der Waals surface area contributed by atoms with Crippen LogP contribution in [0.25, 0.3) is 0 Å². The minimum absolute atomic E-state index is 0.102. The van der Waals surface area contributed by atoms with Crippen LogP contribution in [-0.2, 0) is 4.74 Å². The van der Waals surface area contributed by atoms with E-state index in [9.17, 15) is 0 Å². The molecule has 2 unspecified atom stereocenters. The fraction of sp³-hybridized carbons (Fsp3) is 0.556. The van der Waals surface area contributed by atoms with E-state index >= 15 is 0 Å². The molecule has 0 saturated carbocycles. The molecule has 2 heteroatoms. The van der Waals surface area contributed by atoms with E-state index in [1.165, 1.54) is 5.56 Å². The zero-order chi connectivity index (χ0) is 14.6. The van der Waals surface area contributed by atoms with Crippen LogP contribution >= 0.6 is 0 Å². The van der Waals surface area contributed by atoms with Gasteiger partial charge < -0.3 is 10.1 Å². The predicted octanol–water partition coefficient (Wildman–Crippen LogP) is 3.94. The van der Waals surface area contributed by atoms with Gasteiger partial charge in [0.05, 0.1) is 6.10 Å². The van der Waals surface area contributed by atoms with Crippen LogP contribution in [0.2, 0.25) is 0 Å². The molecule has 0 heterocycles. The Morgan fingerprint density at radius 1 is 1.25 bits per heavy atom. The number of nitrogens with one attached hydrogen (secondary N) is 1. The third kappa shape index (κ3) is 5.77. The summed E-state index contributed by atoms with van der Waals surface area (Å²) in [5, 5.41) is 3.62. The Morgan fingerprint density at radius 2 is 2.00 bits per heavy atom. The maximum absolute atomic E-state index is 6.00. The lowest BCUT2D eigenvalue weighted by molar-refractivity contribution is 0.0304. The average Bonchev–Trinajstić information content (AvgIpc) is 2.50. The highest BCUT2D eigenvalue weighted by Gasteiger charge is 2.22. The largest absolute Gasteiger partial charge is 0.372 e. The molecule has 1 rings (SSSR count). The highest BCUT2D eigenvalue weighted by Crippen LogP contribution is 2.24. The van der Waals surface area contributed by atoms with Crippen LogP contribution in [0, 0.1) is 12.3 Å². The van der Waals surface area contributed by atoms with Crippen LogP contribution in [0.4, 0.5) is 0 Å². The molecule has 0 spiro atoms. The number of hydrogen-bond acceptors (Lipinski definition) is 2. The van der Waals surface area contributed by atoms with Gasteiger partial charge in [-0.25, -0.2) is 0 Å². The third-order valence-electron chi connectivity index (χ3n) is 3.33. The van der Waals surface area contributed by atoms with Gasteiger partial charge in [0.1, 0.15) is 0 Å². The van der Waals surface area contributed by atoms with Crippen molar-refractivity contribution in [1.82, 2.24) is 5.32 Å². The summed E-state index contributed by atoms with van der Waals surface area (Å²) < 4.78 is 6.00. The molecule has 2 atom stereocenters. The molecule has 1 N–H and O–H groups in total. The summed E-state index contributed by atoms with van der Waals surface area (Å²) in [6, 6.07) is 10.8. The lowest BCUT2D eigenvalue weighted by atomic mass is 9.97. The summed E-state index contributed by atoms with van der Waals surface area (Å²) in [5.74, 6) is 2.72. The van der Waals surface area contributed by atoms with Crippen molar-refractivity contribution < 1.29 is 4.74 Å². The molecule has 20 heavy (non-hydrogen) atoms. The maximum Gasteiger partial charge on any atom is 0.0977 e. The van der Waals surface area contributed by atoms with Crippen molar-refractivity contribution in [2.24, 2.45) is 0 Å². The second-order valence-corrected chi connectivity index (χ2v) is 4.94. The minimum Gasteiger partial charge on any atom is -0.372 e. The van der Waals surface area contributed by atoms with E-state index in [2.05, 4.69) is 42.4 Å². The molecule has 0 aromatic heterocycles. The van der Waals surface area contributed by atoms with Crippen molar-refractivity contribution in [3.63, 3.8) is 0 Å². The molecule has 0 saturated heterocycles. The lowest BCUT2D eigenvalue weighted by Crippen LogP contribution is -2.36. The van der Waals surface area contributed by atoms with Gasteiger partial charge in [0.25, 0.3) is 0 Å². The van der Waals surface area contributed by atoms with Crippen LogP contribution in [-0.4, -0.2) is 19.2 Å². The molecule has 0 aliphatic carbocycles. The average molecular weight is 273 g/mol. The van der Waals surface area contributed by atoms with Crippen LogP contribution < -0.4 is 5.32 Å². The molecule has 1 aromatic rings. The first-order chi connectivity index (χ1) is 9.83. The van der Waals surface area contributed by atoms with Crippen molar-refractivity contribution in [3.8, 4) is 12.3 Å². The number of terminal acetylenes is 1. The van der Waals surface area contributed by atoms with Gasteiger partial charge in [0.2, 0.25) is 0 Å². The van der Waals surface area contributed by atoms with Gasteiger partial charge in [-0.2, -0.15) is 0 Å². The second-order valence-electron chi connectivity index (χ2n) is 4.94. The van der Waals surface area contributed by atoms with Crippen LogP contribution in [0.3, 0.4) is 0 Å². The number of benzene rings is 1. The molecule has 0 aliphatic heterocycles. The quantitative estimate of drug-likeness (QED) is 0.515. The normalized spacial score (nSPS) is 13.7. The van der Waals surface area contributed by atoms with Crippen LogP contribution in [0.1, 0.15) is 51.2 Å². The number of ether oxygens (including phenoxy) is 1. The van der Waals surface area contributed by atoms with E-state index in [-0.39, 0.29) is 6.10 Å². The van der Waals surface area contributed by atoms with Crippen molar-refractivity contribution in [3.05, 3.63) is 35.9 Å². The van der Waals surface area contributed by atoms with Gasteiger partial charge >= 0.3 is 0 Å². The minimum atomic E-state index is 0.102. The number of hydrogen-bond donors (Lipinski definition) is 1. The van der Waals surface area contributed by atoms with E-state index in [1.54, 1.807) is 0 Å². The summed E-state index contributed by atoms with van der Waals surface area (Å²) in [4.78, 5) is 0. The van der Waals surface area contributed by atoms with Gasteiger partial charge in [-0.3, -0.25) is 0 Å². The lowest BCUT2D eigenvalue weighted by Gasteiger charge is -2.28. The van der Waals surface area contributed by atoms with E-state index in [4.69, 9.17) is 11.2 Å². The Morgan fingerprint density at radius 3 is 2.60 bits per heavy atom. The summed E-state index contributed by atoms with van der Waals surface area (Å²) in [7, 11) is 0. The fourth-order valence-electron chi connectivity index (χ4n) is 2.38. The van der Waals surface area contributed by atoms with Gasteiger partial charge in [-0.15, -0.1) is 12.3 Å². The first kappa shape index (κ1) is 16.8. The molecular weight excluding hydrogens is 246 g/mol. The molecule has 0 amide bonds. The third-order valence-corrected chi connectivity index (χ3v) is 3.33. The Labute approximate surface area is 123 Å². The number of rotatable bonds is 10. The fourth-order valence-corrected chi connectivity index (χ4v) is 2.38. The first-order valence-corrected chi connectivity index (χ1v) is 7.66. The van der Waals surface area contributed by atoms with E-state index in [0.717, 1.165) is 38.8 Å². The van der Waals surface area contributed by atoms with Gasteiger partial charge in [0, 0.05) is 19.1 Å². The molecule has 110 valence electrons. The molecular formula is C18H27NO. The number of unbranched alkanes of at least 4 members (excludes halogenated alkanes) is 1. The predicted molar refractivity (Wildman–Crippen MR) is 85.6 cm³/mol. The summed E-state index contributed by atoms with van der Waals surface area (Å²) >= 11 is 0. The van der Waals surface area contributed by atoms with Crippen molar-refractivity contribution >= 4 is 0 Å². The van der Waals surface area contributed by atoms with Crippen molar-refractivity contribution in [1.29, 1.82) is 0 Å². The monoisotopic (exact) mass is 273 g/mol. The summed E-state index contributed by atoms with van der Waals surface area (Å²) in [6.07, 6.45) is 9.50. The Bertz CT molecular complexity index is 382. The zero-order valence-corrected chi connectivity index (χ0v) is 12.8. The van der Waals surface area contributed by atoms with Gasteiger partial charge in [0.15, 0.2) is 0 Å². The molecule has 0 bridgehead atoms. The highest BCUT2D eigenvalue weighted by molar-refractivity contribution is 5.19. The van der Waals surface area contributed by atoms with Crippen LogP contribution in [0.5, 0.6) is 0 Å².